The van der Waals surface area contributed by atoms with Crippen LogP contribution in [0.4, 0.5) is 0 Å². The van der Waals surface area contributed by atoms with Crippen molar-refractivity contribution in [1.82, 2.24) is 9.80 Å². The van der Waals surface area contributed by atoms with Crippen molar-refractivity contribution in [2.45, 2.75) is 19.4 Å². The van der Waals surface area contributed by atoms with E-state index in [4.69, 9.17) is 32.7 Å². The van der Waals surface area contributed by atoms with Crippen LogP contribution in [0, 0.1) is 0 Å². The van der Waals surface area contributed by atoms with Gasteiger partial charge in [-0.25, -0.2) is 0 Å². The van der Waals surface area contributed by atoms with E-state index in [9.17, 15) is 0 Å². The zero-order valence-electron chi connectivity index (χ0n) is 16.6. The highest BCUT2D eigenvalue weighted by Crippen LogP contribution is 2.33. The quantitative estimate of drug-likeness (QED) is 0.611. The molecule has 0 spiro atoms. The van der Waals surface area contributed by atoms with Gasteiger partial charge in [-0.2, -0.15) is 0 Å². The van der Waals surface area contributed by atoms with Crippen LogP contribution in [-0.2, 0) is 13.0 Å². The van der Waals surface area contributed by atoms with Gasteiger partial charge in [-0.1, -0.05) is 41.4 Å². The van der Waals surface area contributed by atoms with Crippen LogP contribution in [0.5, 0.6) is 11.5 Å². The summed E-state index contributed by atoms with van der Waals surface area (Å²) >= 11 is 12.1. The summed E-state index contributed by atoms with van der Waals surface area (Å²) in [6.45, 7) is 6.12. The summed E-state index contributed by atoms with van der Waals surface area (Å²) in [5.74, 6) is 1.58. The lowest BCUT2D eigenvalue weighted by atomic mass is 10.1. The van der Waals surface area contributed by atoms with Gasteiger partial charge in [-0.3, -0.25) is 0 Å². The van der Waals surface area contributed by atoms with E-state index in [1.165, 1.54) is 5.56 Å². The Morgan fingerprint density at radius 1 is 1.00 bits per heavy atom. The van der Waals surface area contributed by atoms with E-state index in [1.54, 1.807) is 13.2 Å². The molecule has 1 aliphatic rings. The third kappa shape index (κ3) is 5.77. The number of aryl methyl sites for hydroxylation is 1. The maximum absolute atomic E-state index is 6.15. The topological polar surface area (TPSA) is 24.9 Å². The Balaban J connectivity index is 1.62. The molecule has 0 amide bonds. The van der Waals surface area contributed by atoms with E-state index in [1.807, 2.05) is 24.3 Å². The minimum absolute atomic E-state index is 0.419. The summed E-state index contributed by atoms with van der Waals surface area (Å²) in [7, 11) is 3.86. The van der Waals surface area contributed by atoms with Crippen molar-refractivity contribution in [3.05, 3.63) is 57.6 Å². The largest absolute Gasteiger partial charge is 0.493 e. The first-order valence-corrected chi connectivity index (χ1v) is 10.5. The number of hydrogen-bond acceptors (Lipinski definition) is 4. The molecule has 2 aromatic rings. The fraction of sp³-hybridized carbons (Fsp3) is 0.455. The van der Waals surface area contributed by atoms with E-state index in [-0.39, 0.29) is 0 Å². The molecule has 0 unspecified atom stereocenters. The fourth-order valence-electron chi connectivity index (χ4n) is 3.43. The third-order valence-corrected chi connectivity index (χ3v) is 5.90. The summed E-state index contributed by atoms with van der Waals surface area (Å²) in [5, 5.41) is 1.09. The van der Waals surface area contributed by atoms with Gasteiger partial charge in [-0.15, -0.1) is 0 Å². The van der Waals surface area contributed by atoms with Gasteiger partial charge in [0.25, 0.3) is 0 Å². The first kappa shape index (κ1) is 21.3. The Kier molecular flexibility index (Phi) is 7.86. The van der Waals surface area contributed by atoms with E-state index in [0.29, 0.717) is 16.7 Å². The molecule has 1 heterocycles. The molecule has 6 heteroatoms. The van der Waals surface area contributed by atoms with E-state index in [2.05, 4.69) is 22.9 Å². The maximum atomic E-state index is 6.15. The lowest BCUT2D eigenvalue weighted by Gasteiger charge is -2.32. The van der Waals surface area contributed by atoms with E-state index >= 15 is 0 Å². The molecule has 0 saturated carbocycles. The number of likely N-dealkylation sites (N-methyl/N-ethyl adjacent to an activating group) is 1. The van der Waals surface area contributed by atoms with Gasteiger partial charge in [0.1, 0.15) is 6.61 Å². The summed E-state index contributed by atoms with van der Waals surface area (Å²) in [6.07, 6.45) is 2.06. The summed E-state index contributed by atoms with van der Waals surface area (Å²) < 4.78 is 11.7. The van der Waals surface area contributed by atoms with E-state index < -0.39 is 0 Å². The molecule has 0 N–H and O–H groups in total. The van der Waals surface area contributed by atoms with Crippen LogP contribution >= 0.6 is 23.2 Å². The summed E-state index contributed by atoms with van der Waals surface area (Å²) in [6, 6.07) is 11.6. The van der Waals surface area contributed by atoms with Crippen LogP contribution in [0.3, 0.4) is 0 Å². The fourth-order valence-corrected chi connectivity index (χ4v) is 3.75. The van der Waals surface area contributed by atoms with Gasteiger partial charge >= 0.3 is 0 Å². The molecule has 1 aliphatic heterocycles. The Morgan fingerprint density at radius 3 is 2.50 bits per heavy atom. The van der Waals surface area contributed by atoms with Crippen LogP contribution in [0.15, 0.2) is 36.4 Å². The molecule has 2 aromatic carbocycles. The minimum atomic E-state index is 0.419. The Labute approximate surface area is 177 Å². The van der Waals surface area contributed by atoms with Crippen molar-refractivity contribution in [3.8, 4) is 11.5 Å². The maximum Gasteiger partial charge on any atom is 0.164 e. The number of para-hydroxylation sites is 1. The lowest BCUT2D eigenvalue weighted by Crippen LogP contribution is -2.44. The number of rotatable bonds is 8. The second kappa shape index (κ2) is 10.4. The smallest absolute Gasteiger partial charge is 0.164 e. The molecule has 1 saturated heterocycles. The number of nitrogens with zero attached hydrogens (tertiary/aromatic N) is 2. The van der Waals surface area contributed by atoms with Gasteiger partial charge in [-0.05, 0) is 55.8 Å². The Hall–Kier alpha value is -1.46. The first-order valence-electron chi connectivity index (χ1n) is 9.70. The van der Waals surface area contributed by atoms with Gasteiger partial charge in [0.15, 0.2) is 11.5 Å². The normalized spacial score (nSPS) is 15.6. The first-order chi connectivity index (χ1) is 13.6. The lowest BCUT2D eigenvalue weighted by molar-refractivity contribution is 0.153. The molecule has 4 nitrogen and oxygen atoms in total. The number of halogens is 2. The van der Waals surface area contributed by atoms with Gasteiger partial charge in [0.05, 0.1) is 17.2 Å². The predicted octanol–water partition coefficient (Wildman–Crippen LogP) is 4.76. The SMILES string of the molecule is COc1cccc(CCCN2CCN(C)CC2)c1OCc1ccc(Cl)c(Cl)c1. The summed E-state index contributed by atoms with van der Waals surface area (Å²) in [5.41, 5.74) is 2.15. The Bertz CT molecular complexity index is 777. The number of methoxy groups -OCH3 is 1. The van der Waals surface area contributed by atoms with Crippen molar-refractivity contribution in [2.24, 2.45) is 0 Å². The molecule has 3 rings (SSSR count). The molecule has 0 radical (unpaired) electrons. The monoisotopic (exact) mass is 422 g/mol. The van der Waals surface area contributed by atoms with Crippen LogP contribution < -0.4 is 9.47 Å². The van der Waals surface area contributed by atoms with Crippen LogP contribution in [0.2, 0.25) is 10.0 Å². The van der Waals surface area contributed by atoms with Gasteiger partial charge in [0, 0.05) is 26.2 Å². The average Bonchev–Trinajstić information content (AvgIpc) is 2.70. The van der Waals surface area contributed by atoms with Crippen LogP contribution in [-0.4, -0.2) is 56.7 Å². The predicted molar refractivity (Wildman–Crippen MR) is 116 cm³/mol. The number of benzene rings is 2. The van der Waals surface area contributed by atoms with Crippen molar-refractivity contribution < 1.29 is 9.47 Å². The van der Waals surface area contributed by atoms with Crippen molar-refractivity contribution in [2.75, 3.05) is 46.9 Å². The molecule has 0 aliphatic carbocycles. The van der Waals surface area contributed by atoms with Crippen molar-refractivity contribution >= 4 is 23.2 Å². The molecular weight excluding hydrogens is 395 g/mol. The highest BCUT2D eigenvalue weighted by molar-refractivity contribution is 6.42. The Morgan fingerprint density at radius 2 is 1.79 bits per heavy atom. The zero-order valence-corrected chi connectivity index (χ0v) is 18.1. The number of hydrogen-bond donors (Lipinski definition) is 0. The third-order valence-electron chi connectivity index (χ3n) is 5.16. The highest BCUT2D eigenvalue weighted by Gasteiger charge is 2.15. The molecular formula is C22H28Cl2N2O2. The molecule has 0 aromatic heterocycles. The molecule has 1 fully saturated rings. The second-order valence-electron chi connectivity index (χ2n) is 7.23. The zero-order chi connectivity index (χ0) is 19.9. The number of ether oxygens (including phenoxy) is 2. The van der Waals surface area contributed by atoms with Crippen molar-refractivity contribution in [3.63, 3.8) is 0 Å². The van der Waals surface area contributed by atoms with Gasteiger partial charge < -0.3 is 19.3 Å². The number of piperazine rings is 1. The van der Waals surface area contributed by atoms with Crippen LogP contribution in [0.25, 0.3) is 0 Å². The molecule has 0 bridgehead atoms. The van der Waals surface area contributed by atoms with Gasteiger partial charge in [0.2, 0.25) is 0 Å². The molecule has 0 atom stereocenters. The highest BCUT2D eigenvalue weighted by atomic mass is 35.5. The molecule has 152 valence electrons. The second-order valence-corrected chi connectivity index (χ2v) is 8.05. The van der Waals surface area contributed by atoms with Crippen LogP contribution in [0.1, 0.15) is 17.5 Å². The minimum Gasteiger partial charge on any atom is -0.493 e. The standard InChI is InChI=1S/C22H28Cl2N2O2/c1-25-11-13-26(14-12-25)10-4-6-18-5-3-7-21(27-2)22(18)28-16-17-8-9-19(23)20(24)15-17/h3,5,7-9,15H,4,6,10-14,16H2,1-2H3. The van der Waals surface area contributed by atoms with Crippen molar-refractivity contribution in [1.29, 1.82) is 0 Å². The average molecular weight is 423 g/mol. The molecule has 28 heavy (non-hydrogen) atoms. The van der Waals surface area contributed by atoms with E-state index in [0.717, 1.165) is 62.6 Å². The summed E-state index contributed by atoms with van der Waals surface area (Å²) in [4.78, 5) is 4.92.